The van der Waals surface area contributed by atoms with Crippen molar-refractivity contribution in [2.24, 2.45) is 0 Å². The normalized spacial score (nSPS) is 11.8. The Bertz CT molecular complexity index is 1440. The fraction of sp³-hybridized carbons (Fsp3) is 0.452. The van der Waals surface area contributed by atoms with E-state index in [2.05, 4.69) is 56.7 Å². The highest BCUT2D eigenvalue weighted by Gasteiger charge is 2.20. The topological polar surface area (TPSA) is 120 Å². The van der Waals surface area contributed by atoms with Crippen molar-refractivity contribution in [2.45, 2.75) is 52.6 Å². The maximum absolute atomic E-state index is 12.5. The number of carbonyl (C=O) groups is 2. The maximum Gasteiger partial charge on any atom is 0.246 e. The molecule has 3 aromatic rings. The van der Waals surface area contributed by atoms with Gasteiger partial charge in [0.05, 0.1) is 23.5 Å². The summed E-state index contributed by atoms with van der Waals surface area (Å²) in [7, 11) is 5.48. The van der Waals surface area contributed by atoms with E-state index in [0.717, 1.165) is 36.1 Å². The zero-order chi connectivity index (χ0) is 30.5. The predicted molar refractivity (Wildman–Crippen MR) is 169 cm³/mol. The fourth-order valence-corrected chi connectivity index (χ4v) is 3.98. The minimum atomic E-state index is -0.570. The number of hydrogen-bond acceptors (Lipinski definition) is 8. The van der Waals surface area contributed by atoms with Gasteiger partial charge in [0, 0.05) is 56.8 Å². The van der Waals surface area contributed by atoms with Crippen molar-refractivity contribution in [3.63, 3.8) is 0 Å². The van der Waals surface area contributed by atoms with Crippen molar-refractivity contribution in [1.29, 1.82) is 0 Å². The number of likely N-dealkylation sites (N-methyl/N-ethyl adjacent to an activating group) is 2. The molecule has 0 spiro atoms. The van der Waals surface area contributed by atoms with Crippen LogP contribution in [0.2, 0.25) is 0 Å². The molecule has 224 valence electrons. The van der Waals surface area contributed by atoms with Gasteiger partial charge in [-0.1, -0.05) is 24.8 Å². The van der Waals surface area contributed by atoms with Crippen LogP contribution in [0.5, 0.6) is 0 Å². The number of benzene rings is 1. The third-order valence-corrected chi connectivity index (χ3v) is 6.57. The highest BCUT2D eigenvalue weighted by molar-refractivity contribution is 5.92. The van der Waals surface area contributed by atoms with E-state index < -0.39 is 6.04 Å². The first-order valence-corrected chi connectivity index (χ1v) is 14.4. The number of aromatic nitrogens is 4. The highest BCUT2D eigenvalue weighted by atomic mass is 16.2. The van der Waals surface area contributed by atoms with E-state index in [1.165, 1.54) is 11.0 Å². The number of fused-ring (bicyclic) bond motifs is 1. The molecule has 0 saturated heterocycles. The van der Waals surface area contributed by atoms with Crippen LogP contribution in [0.3, 0.4) is 0 Å². The summed E-state index contributed by atoms with van der Waals surface area (Å²) in [5, 5.41) is 15.0. The molecule has 0 radical (unpaired) electrons. The van der Waals surface area contributed by atoms with E-state index in [1.54, 1.807) is 26.2 Å². The van der Waals surface area contributed by atoms with Gasteiger partial charge in [-0.25, -0.2) is 4.98 Å². The van der Waals surface area contributed by atoms with Crippen LogP contribution >= 0.6 is 0 Å². The molecule has 3 N–H and O–H groups in total. The van der Waals surface area contributed by atoms with Crippen molar-refractivity contribution in [3.8, 4) is 11.8 Å². The molecule has 2 amide bonds. The van der Waals surface area contributed by atoms with E-state index in [-0.39, 0.29) is 11.8 Å². The van der Waals surface area contributed by atoms with E-state index in [4.69, 9.17) is 0 Å². The third kappa shape index (κ3) is 9.31. The van der Waals surface area contributed by atoms with Crippen molar-refractivity contribution in [1.82, 2.24) is 34.9 Å². The van der Waals surface area contributed by atoms with Crippen molar-refractivity contribution in [3.05, 3.63) is 48.3 Å². The first-order valence-electron chi connectivity index (χ1n) is 14.4. The van der Waals surface area contributed by atoms with Crippen LogP contribution in [-0.2, 0) is 16.1 Å². The first-order chi connectivity index (χ1) is 20.2. The van der Waals surface area contributed by atoms with Crippen LogP contribution in [0, 0.1) is 11.8 Å². The molecule has 11 nitrogen and oxygen atoms in total. The molecule has 42 heavy (non-hydrogen) atoms. The van der Waals surface area contributed by atoms with Gasteiger partial charge in [-0.2, -0.15) is 10.1 Å². The van der Waals surface area contributed by atoms with Crippen LogP contribution in [0.15, 0.2) is 42.7 Å². The van der Waals surface area contributed by atoms with Gasteiger partial charge in [-0.05, 0) is 59.0 Å². The Morgan fingerprint density at radius 1 is 1.14 bits per heavy atom. The Balaban J connectivity index is 1.54. The average molecular weight is 574 g/mol. The second kappa shape index (κ2) is 16.1. The van der Waals surface area contributed by atoms with Gasteiger partial charge in [-0.15, -0.1) is 0 Å². The Labute approximate surface area is 248 Å². The quantitative estimate of drug-likeness (QED) is 0.152. The van der Waals surface area contributed by atoms with Crippen molar-refractivity contribution >= 4 is 40.2 Å². The summed E-state index contributed by atoms with van der Waals surface area (Å²) in [6.45, 7) is 8.56. The van der Waals surface area contributed by atoms with Crippen molar-refractivity contribution < 1.29 is 9.59 Å². The largest absolute Gasteiger partial charge is 0.369 e. The Hall–Kier alpha value is -4.43. The summed E-state index contributed by atoms with van der Waals surface area (Å²) >= 11 is 0. The van der Waals surface area contributed by atoms with Gasteiger partial charge in [0.2, 0.25) is 17.8 Å². The average Bonchev–Trinajstić information content (AvgIpc) is 3.39. The lowest BCUT2D eigenvalue weighted by molar-refractivity contribution is -0.135. The summed E-state index contributed by atoms with van der Waals surface area (Å²) < 4.78 is 1.95. The lowest BCUT2D eigenvalue weighted by atomic mass is 10.2. The molecule has 1 atom stereocenters. The second-order valence-corrected chi connectivity index (χ2v) is 10.2. The van der Waals surface area contributed by atoms with Gasteiger partial charge < -0.3 is 25.8 Å². The van der Waals surface area contributed by atoms with Gasteiger partial charge in [0.25, 0.3) is 0 Å². The monoisotopic (exact) mass is 573 g/mol. The molecule has 0 fully saturated rings. The molecule has 0 saturated carbocycles. The molecular formula is C31H43N9O2. The maximum atomic E-state index is 12.5. The van der Waals surface area contributed by atoms with Crippen LogP contribution < -0.4 is 16.0 Å². The van der Waals surface area contributed by atoms with Gasteiger partial charge in [0.1, 0.15) is 11.9 Å². The summed E-state index contributed by atoms with van der Waals surface area (Å²) in [6, 6.07) is 5.48. The Kier molecular flexibility index (Phi) is 12.3. The molecule has 2 heterocycles. The zero-order valence-corrected chi connectivity index (χ0v) is 25.6. The second-order valence-electron chi connectivity index (χ2n) is 10.2. The predicted octanol–water partition coefficient (Wildman–Crippen LogP) is 3.62. The summed E-state index contributed by atoms with van der Waals surface area (Å²) in [5.41, 5.74) is 2.65. The van der Waals surface area contributed by atoms with Gasteiger partial charge in [0.15, 0.2) is 0 Å². The number of unbranched alkanes of at least 4 members (excludes halogenated alkanes) is 1. The van der Waals surface area contributed by atoms with E-state index in [1.807, 2.05) is 48.1 Å². The van der Waals surface area contributed by atoms with Crippen molar-refractivity contribution in [2.75, 3.05) is 51.4 Å². The lowest BCUT2D eigenvalue weighted by Crippen LogP contribution is -2.45. The van der Waals surface area contributed by atoms with E-state index >= 15 is 0 Å². The number of nitrogens with one attached hydrogen (secondary N) is 3. The van der Waals surface area contributed by atoms with E-state index in [0.29, 0.717) is 43.3 Å². The fourth-order valence-electron chi connectivity index (χ4n) is 3.98. The number of anilines is 3. The standard InChI is InChI=1S/C31H43N9O2/c1-7-17-32-29-25(21-34-31(37-29)36-26-16-15-24-22-35-40(8-2)27(24)20-26)13-10-9-11-18-33-30(42)23(3)39(6)28(41)14-12-19-38(4)5/h12,14-16,20-23H,7-9,11,17-19H2,1-6H3,(H,33,42)(H2,32,34,36,37)/t23-/m0/s1. The molecule has 0 aliphatic carbocycles. The van der Waals surface area contributed by atoms with Crippen LogP contribution in [-0.4, -0.2) is 88.2 Å². The zero-order valence-electron chi connectivity index (χ0n) is 25.6. The lowest BCUT2D eigenvalue weighted by Gasteiger charge is -2.23. The SMILES string of the molecule is CCCNc1nc(Nc2ccc3cnn(CC)c3c2)ncc1C#CCCCNC(=O)[C@H](C)N(C)C(=O)C=CCN(C)C. The minimum Gasteiger partial charge on any atom is -0.369 e. The van der Waals surface area contributed by atoms with Crippen LogP contribution in [0.4, 0.5) is 17.5 Å². The summed E-state index contributed by atoms with van der Waals surface area (Å²) in [6.07, 6.45) is 9.08. The number of rotatable bonds is 14. The smallest absolute Gasteiger partial charge is 0.246 e. The Morgan fingerprint density at radius 3 is 2.69 bits per heavy atom. The molecule has 3 rings (SSSR count). The number of carbonyl (C=O) groups excluding carboxylic acids is 2. The minimum absolute atomic E-state index is 0.194. The first kappa shape index (κ1) is 32.1. The van der Waals surface area contributed by atoms with Gasteiger partial charge >= 0.3 is 0 Å². The molecule has 2 aromatic heterocycles. The molecule has 1 aromatic carbocycles. The number of amides is 2. The highest BCUT2D eigenvalue weighted by Crippen LogP contribution is 2.22. The molecule has 0 aliphatic heterocycles. The van der Waals surface area contributed by atoms with Crippen LogP contribution in [0.1, 0.15) is 45.6 Å². The van der Waals surface area contributed by atoms with Crippen LogP contribution in [0.25, 0.3) is 10.9 Å². The molecule has 0 aliphatic rings. The number of aryl methyl sites for hydroxylation is 1. The van der Waals surface area contributed by atoms with E-state index in [9.17, 15) is 9.59 Å². The third-order valence-electron chi connectivity index (χ3n) is 6.57. The van der Waals surface area contributed by atoms with Gasteiger partial charge in [-0.3, -0.25) is 14.3 Å². The number of nitrogens with zero attached hydrogens (tertiary/aromatic N) is 6. The Morgan fingerprint density at radius 2 is 1.95 bits per heavy atom. The molecule has 0 bridgehead atoms. The summed E-state index contributed by atoms with van der Waals surface area (Å²) in [4.78, 5) is 37.3. The summed E-state index contributed by atoms with van der Waals surface area (Å²) in [5.74, 6) is 7.09. The number of hydrogen-bond donors (Lipinski definition) is 3. The molecular weight excluding hydrogens is 530 g/mol. The molecule has 11 heteroatoms. The molecule has 0 unspecified atom stereocenters.